The van der Waals surface area contributed by atoms with E-state index in [-0.39, 0.29) is 6.10 Å². The van der Waals surface area contributed by atoms with Crippen LogP contribution in [-0.4, -0.2) is 42.4 Å². The summed E-state index contributed by atoms with van der Waals surface area (Å²) in [7, 11) is 1.70. The van der Waals surface area contributed by atoms with Gasteiger partial charge in [-0.05, 0) is 18.6 Å². The number of carboxylic acid groups (broad SMARTS) is 1. The second kappa shape index (κ2) is 5.09. The number of rotatable bonds is 3. The van der Waals surface area contributed by atoms with Crippen molar-refractivity contribution < 1.29 is 14.6 Å². The van der Waals surface area contributed by atoms with Crippen LogP contribution in [0.5, 0.6) is 0 Å². The van der Waals surface area contributed by atoms with Gasteiger partial charge in [0.1, 0.15) is 5.82 Å². The molecule has 1 saturated heterocycles. The molecule has 1 N–H and O–H groups in total. The van der Waals surface area contributed by atoms with Gasteiger partial charge < -0.3 is 14.7 Å². The van der Waals surface area contributed by atoms with Crippen LogP contribution in [0, 0.1) is 0 Å². The number of fused-ring (bicyclic) bond motifs is 1. The first-order chi connectivity index (χ1) is 9.69. The van der Waals surface area contributed by atoms with Crippen LogP contribution in [0.4, 0.5) is 5.82 Å². The lowest BCUT2D eigenvalue weighted by atomic mass is 10.1. The van der Waals surface area contributed by atoms with Crippen LogP contribution < -0.4 is 4.90 Å². The molecule has 0 radical (unpaired) electrons. The molecule has 1 aliphatic rings. The second-order valence-corrected chi connectivity index (χ2v) is 4.94. The van der Waals surface area contributed by atoms with Gasteiger partial charge in [-0.15, -0.1) is 0 Å². The highest BCUT2D eigenvalue weighted by atomic mass is 16.5. The number of hydrogen-bond acceptors (Lipinski definition) is 4. The van der Waals surface area contributed by atoms with E-state index in [0.717, 1.165) is 19.5 Å². The maximum Gasteiger partial charge on any atom is 0.336 e. The number of carbonyl (C=O) groups is 1. The number of methoxy groups -OCH3 is 1. The van der Waals surface area contributed by atoms with Gasteiger partial charge >= 0.3 is 5.97 Å². The van der Waals surface area contributed by atoms with Gasteiger partial charge in [-0.3, -0.25) is 0 Å². The predicted octanol–water partition coefficient (Wildman–Crippen LogP) is 2.16. The molecule has 0 amide bonds. The second-order valence-electron chi connectivity index (χ2n) is 4.94. The fraction of sp³-hybridized carbons (Fsp3) is 0.333. The molecule has 0 saturated carbocycles. The Morgan fingerprint density at radius 3 is 2.95 bits per heavy atom. The molecule has 1 fully saturated rings. The Labute approximate surface area is 116 Å². The van der Waals surface area contributed by atoms with Gasteiger partial charge in [-0.1, -0.05) is 18.2 Å². The van der Waals surface area contributed by atoms with Crippen molar-refractivity contribution in [3.8, 4) is 0 Å². The van der Waals surface area contributed by atoms with Crippen molar-refractivity contribution in [2.75, 3.05) is 25.1 Å². The summed E-state index contributed by atoms with van der Waals surface area (Å²) in [6, 6.07) is 8.98. The molecule has 2 heterocycles. The minimum atomic E-state index is -0.924. The highest BCUT2D eigenvalue weighted by Gasteiger charge is 2.24. The summed E-state index contributed by atoms with van der Waals surface area (Å²) in [5.74, 6) is -0.215. The smallest absolute Gasteiger partial charge is 0.336 e. The largest absolute Gasteiger partial charge is 0.478 e. The van der Waals surface area contributed by atoms with Gasteiger partial charge in [0.25, 0.3) is 0 Å². The summed E-state index contributed by atoms with van der Waals surface area (Å²) in [6.45, 7) is 1.59. The number of para-hydroxylation sites is 1. The van der Waals surface area contributed by atoms with Crippen LogP contribution in [0.2, 0.25) is 0 Å². The van der Waals surface area contributed by atoms with Crippen LogP contribution >= 0.6 is 0 Å². The molecule has 104 valence electrons. The Morgan fingerprint density at radius 2 is 2.25 bits per heavy atom. The number of aromatic nitrogens is 1. The molecule has 5 heteroatoms. The van der Waals surface area contributed by atoms with Crippen molar-refractivity contribution in [3.05, 3.63) is 35.9 Å². The van der Waals surface area contributed by atoms with Crippen LogP contribution in [0.1, 0.15) is 16.8 Å². The summed E-state index contributed by atoms with van der Waals surface area (Å²) < 4.78 is 5.34. The number of carboxylic acids is 1. The normalized spacial score (nSPS) is 18.6. The molecule has 20 heavy (non-hydrogen) atoms. The Balaban J connectivity index is 2.06. The quantitative estimate of drug-likeness (QED) is 0.927. The number of hydrogen-bond donors (Lipinski definition) is 1. The zero-order chi connectivity index (χ0) is 14.1. The van der Waals surface area contributed by atoms with E-state index in [2.05, 4.69) is 9.88 Å². The molecule has 3 rings (SSSR count). The van der Waals surface area contributed by atoms with Gasteiger partial charge in [-0.2, -0.15) is 0 Å². The highest BCUT2D eigenvalue weighted by molar-refractivity contribution is 6.03. The molecule has 1 unspecified atom stereocenters. The number of pyridine rings is 1. The molecular weight excluding hydrogens is 256 g/mol. The van der Waals surface area contributed by atoms with E-state index in [1.165, 1.54) is 0 Å². The molecular formula is C15H16N2O3. The summed E-state index contributed by atoms with van der Waals surface area (Å²) >= 11 is 0. The number of anilines is 1. The van der Waals surface area contributed by atoms with Gasteiger partial charge in [0, 0.05) is 25.6 Å². The van der Waals surface area contributed by atoms with E-state index in [0.29, 0.717) is 22.3 Å². The minimum absolute atomic E-state index is 0.191. The fourth-order valence-electron chi connectivity index (χ4n) is 2.63. The molecule has 0 bridgehead atoms. The number of nitrogens with zero attached hydrogens (tertiary/aromatic N) is 2. The Morgan fingerprint density at radius 1 is 1.45 bits per heavy atom. The standard InChI is InChI=1S/C15H16N2O3/c1-20-10-6-7-17(9-10)14-8-12(15(18)19)11-4-2-3-5-13(11)16-14/h2-5,8,10H,6-7,9H2,1H3,(H,18,19). The number of ether oxygens (including phenoxy) is 1. The van der Waals surface area contributed by atoms with Crippen molar-refractivity contribution in [2.45, 2.75) is 12.5 Å². The topological polar surface area (TPSA) is 62.7 Å². The molecule has 1 atom stereocenters. The van der Waals surface area contributed by atoms with Crippen LogP contribution in [0.3, 0.4) is 0 Å². The third-order valence-electron chi connectivity index (χ3n) is 3.74. The summed E-state index contributed by atoms with van der Waals surface area (Å²) in [6.07, 6.45) is 1.13. The average molecular weight is 272 g/mol. The van der Waals surface area contributed by atoms with Gasteiger partial charge in [-0.25, -0.2) is 9.78 Å². The van der Waals surface area contributed by atoms with Crippen molar-refractivity contribution in [1.82, 2.24) is 4.98 Å². The van der Waals surface area contributed by atoms with E-state index >= 15 is 0 Å². The summed E-state index contributed by atoms with van der Waals surface area (Å²) in [4.78, 5) is 18.1. The van der Waals surface area contributed by atoms with Gasteiger partial charge in [0.05, 0.1) is 17.2 Å². The van der Waals surface area contributed by atoms with E-state index in [1.807, 2.05) is 18.2 Å². The Bertz CT molecular complexity index is 657. The molecule has 2 aromatic rings. The molecule has 0 aliphatic carbocycles. The van der Waals surface area contributed by atoms with Crippen LogP contribution in [0.25, 0.3) is 10.9 Å². The Hall–Kier alpha value is -2.14. The maximum absolute atomic E-state index is 11.4. The number of benzene rings is 1. The average Bonchev–Trinajstić information content (AvgIpc) is 2.95. The van der Waals surface area contributed by atoms with E-state index in [9.17, 15) is 9.90 Å². The zero-order valence-corrected chi connectivity index (χ0v) is 11.2. The maximum atomic E-state index is 11.4. The third-order valence-corrected chi connectivity index (χ3v) is 3.74. The predicted molar refractivity (Wildman–Crippen MR) is 76.3 cm³/mol. The fourth-order valence-corrected chi connectivity index (χ4v) is 2.63. The lowest BCUT2D eigenvalue weighted by Gasteiger charge is -2.18. The van der Waals surface area contributed by atoms with Crippen LogP contribution in [0.15, 0.2) is 30.3 Å². The lowest BCUT2D eigenvalue weighted by Crippen LogP contribution is -2.23. The first-order valence-electron chi connectivity index (χ1n) is 6.60. The van der Waals surface area contributed by atoms with Gasteiger partial charge in [0.2, 0.25) is 0 Å². The lowest BCUT2D eigenvalue weighted by molar-refractivity contribution is 0.0699. The van der Waals surface area contributed by atoms with E-state index < -0.39 is 5.97 Å². The minimum Gasteiger partial charge on any atom is -0.478 e. The molecule has 0 spiro atoms. The van der Waals surface area contributed by atoms with E-state index in [1.54, 1.807) is 19.2 Å². The summed E-state index contributed by atoms with van der Waals surface area (Å²) in [5.41, 5.74) is 1.01. The first kappa shape index (κ1) is 12.9. The number of aromatic carboxylic acids is 1. The van der Waals surface area contributed by atoms with E-state index in [4.69, 9.17) is 4.74 Å². The molecule has 1 aliphatic heterocycles. The molecule has 1 aromatic heterocycles. The van der Waals surface area contributed by atoms with Crippen molar-refractivity contribution in [1.29, 1.82) is 0 Å². The molecule has 5 nitrogen and oxygen atoms in total. The van der Waals surface area contributed by atoms with Crippen LogP contribution in [-0.2, 0) is 4.74 Å². The highest BCUT2D eigenvalue weighted by Crippen LogP contribution is 2.26. The SMILES string of the molecule is COC1CCN(c2cc(C(=O)O)c3ccccc3n2)C1. The van der Waals surface area contributed by atoms with Crippen molar-refractivity contribution in [2.24, 2.45) is 0 Å². The van der Waals surface area contributed by atoms with Gasteiger partial charge in [0.15, 0.2) is 0 Å². The third kappa shape index (κ3) is 2.20. The zero-order valence-electron chi connectivity index (χ0n) is 11.2. The Kier molecular flexibility index (Phi) is 3.28. The van der Waals surface area contributed by atoms with Crippen molar-refractivity contribution in [3.63, 3.8) is 0 Å². The van der Waals surface area contributed by atoms with Crippen molar-refractivity contribution >= 4 is 22.7 Å². The summed E-state index contributed by atoms with van der Waals surface area (Å²) in [5, 5.41) is 10.0. The monoisotopic (exact) mass is 272 g/mol. The first-order valence-corrected chi connectivity index (χ1v) is 6.60. The molecule has 1 aromatic carbocycles.